The topological polar surface area (TPSA) is 63.8 Å². The van der Waals surface area contributed by atoms with Gasteiger partial charge < -0.3 is 9.13 Å². The van der Waals surface area contributed by atoms with Crippen LogP contribution in [0.3, 0.4) is 0 Å². The Labute approximate surface area is 352 Å². The van der Waals surface area contributed by atoms with E-state index in [0.717, 1.165) is 87.8 Å². The first-order valence-electron chi connectivity index (χ1n) is 20.1. The molecule has 0 unspecified atom stereocenters. The van der Waals surface area contributed by atoms with Gasteiger partial charge in [0.2, 0.25) is 5.69 Å². The minimum atomic E-state index is 0.393. The molecule has 0 aliphatic rings. The Bertz CT molecular complexity index is 3980. The Morgan fingerprint density at radius 1 is 0.475 bits per heavy atom. The second-order valence-corrected chi connectivity index (χ2v) is 16.5. The molecule has 0 aliphatic heterocycles. The van der Waals surface area contributed by atoms with Crippen LogP contribution in [0, 0.1) is 17.9 Å². The number of nitrogens with zero attached hydrogens (tertiary/aromatic N) is 6. The van der Waals surface area contributed by atoms with Gasteiger partial charge in [0, 0.05) is 76.0 Å². The molecule has 5 heterocycles. The van der Waals surface area contributed by atoms with E-state index in [9.17, 15) is 5.26 Å². The number of thiophene rings is 1. The average Bonchev–Trinajstić information content (AvgIpc) is 3.99. The molecule has 0 amide bonds. The van der Waals surface area contributed by atoms with Gasteiger partial charge in [-0.3, -0.25) is 9.97 Å². The molecule has 0 spiro atoms. The van der Waals surface area contributed by atoms with E-state index in [0.29, 0.717) is 22.5 Å². The molecule has 5 aromatic heterocycles. The van der Waals surface area contributed by atoms with Crippen LogP contribution in [0.1, 0.15) is 5.56 Å². The van der Waals surface area contributed by atoms with Crippen molar-refractivity contribution in [2.24, 2.45) is 0 Å². The fourth-order valence-electron chi connectivity index (χ4n) is 10.1. The summed E-state index contributed by atoms with van der Waals surface area (Å²) in [6.07, 6.45) is 3.74. The van der Waals surface area contributed by atoms with Crippen LogP contribution in [0.2, 0.25) is 0 Å². The minimum Gasteiger partial charge on any atom is -0.318 e. The maximum Gasteiger partial charge on any atom is 0.220 e. The maximum atomic E-state index is 11.7. The van der Waals surface area contributed by atoms with Crippen LogP contribution in [0.4, 0.5) is 5.69 Å². The lowest BCUT2D eigenvalue weighted by Crippen LogP contribution is -2.08. The number of pyridine rings is 2. The molecule has 280 valence electrons. The fraction of sp³-hybridized carbons (Fsp3) is 0. The quantitative estimate of drug-likeness (QED) is 0.132. The number of hydrogen-bond acceptors (Lipinski definition) is 4. The molecule has 61 heavy (non-hydrogen) atoms. The Hall–Kier alpha value is -8.36. The summed E-state index contributed by atoms with van der Waals surface area (Å²) in [4.78, 5) is 14.5. The van der Waals surface area contributed by atoms with E-state index >= 15 is 0 Å². The van der Waals surface area contributed by atoms with Crippen LogP contribution in [0.15, 0.2) is 170 Å². The number of para-hydroxylation sites is 1. The summed E-state index contributed by atoms with van der Waals surface area (Å²) in [6, 6.07) is 56.9. The van der Waals surface area contributed by atoms with Crippen LogP contribution in [-0.2, 0) is 0 Å². The third kappa shape index (κ3) is 4.42. The molecule has 7 heteroatoms. The molecule has 0 atom stereocenters. The van der Waals surface area contributed by atoms with Gasteiger partial charge in [-0.15, -0.1) is 11.3 Å². The molecule has 0 fully saturated rings. The van der Waals surface area contributed by atoms with Crippen molar-refractivity contribution in [3.63, 3.8) is 0 Å². The van der Waals surface area contributed by atoms with E-state index < -0.39 is 0 Å². The molecule has 6 nitrogen and oxygen atoms in total. The van der Waals surface area contributed by atoms with Crippen molar-refractivity contribution in [1.29, 1.82) is 5.26 Å². The number of fused-ring (bicyclic) bond motifs is 10. The third-order valence-corrected chi connectivity index (χ3v) is 13.6. The van der Waals surface area contributed by atoms with Crippen molar-refractivity contribution in [3.8, 4) is 39.7 Å². The van der Waals surface area contributed by atoms with Gasteiger partial charge in [-0.05, 0) is 47.5 Å². The number of hydrogen-bond donors (Lipinski definition) is 0. The Morgan fingerprint density at radius 2 is 1.02 bits per heavy atom. The van der Waals surface area contributed by atoms with Crippen molar-refractivity contribution in [1.82, 2.24) is 19.1 Å². The second-order valence-electron chi connectivity index (χ2n) is 15.4. The molecule has 8 aromatic carbocycles. The van der Waals surface area contributed by atoms with Gasteiger partial charge in [0.15, 0.2) is 0 Å². The molecule has 0 radical (unpaired) electrons. The van der Waals surface area contributed by atoms with Gasteiger partial charge in [0.05, 0.1) is 56.6 Å². The lowest BCUT2D eigenvalue weighted by atomic mass is 9.88. The van der Waals surface area contributed by atoms with E-state index in [1.54, 1.807) is 11.3 Å². The summed E-state index contributed by atoms with van der Waals surface area (Å²) < 4.78 is 6.98. The highest BCUT2D eigenvalue weighted by Gasteiger charge is 2.33. The third-order valence-electron chi connectivity index (χ3n) is 12.4. The van der Waals surface area contributed by atoms with Crippen LogP contribution in [0.5, 0.6) is 0 Å². The van der Waals surface area contributed by atoms with Crippen LogP contribution < -0.4 is 0 Å². The molecule has 0 bridgehead atoms. The highest BCUT2D eigenvalue weighted by atomic mass is 32.1. The Morgan fingerprint density at radius 3 is 1.66 bits per heavy atom. The normalized spacial score (nSPS) is 11.9. The van der Waals surface area contributed by atoms with Gasteiger partial charge in [0.1, 0.15) is 6.07 Å². The van der Waals surface area contributed by atoms with E-state index in [2.05, 4.69) is 117 Å². The molecule has 0 saturated heterocycles. The summed E-state index contributed by atoms with van der Waals surface area (Å²) in [7, 11) is 0. The van der Waals surface area contributed by atoms with E-state index in [4.69, 9.17) is 16.5 Å². The predicted molar refractivity (Wildman–Crippen MR) is 252 cm³/mol. The summed E-state index contributed by atoms with van der Waals surface area (Å²) in [5, 5.41) is 20.4. The maximum absolute atomic E-state index is 11.7. The minimum absolute atomic E-state index is 0.393. The van der Waals surface area contributed by atoms with Gasteiger partial charge in [0.25, 0.3) is 0 Å². The average molecular weight is 793 g/mol. The summed E-state index contributed by atoms with van der Waals surface area (Å²) >= 11 is 1.80. The molecule has 13 rings (SSSR count). The standard InChI is InChI=1S/C54H28N6S/c1-56-52-44(31-14-4-2-5-15-31)37(30-55)53(59-38-22-12-10-20-35(38)46-39(59)24-25-43-47(46)36-21-11-13-23-42(36)61-43)45(32-16-6-3-7-17-32)54(52)60-40-26-28-57-50-33-18-8-9-19-34(33)51-49(48(40)50)41(60)27-29-58-51/h2-29H. The number of benzene rings is 8. The lowest BCUT2D eigenvalue weighted by molar-refractivity contribution is 1.13. The van der Waals surface area contributed by atoms with Crippen molar-refractivity contribution < 1.29 is 0 Å². The number of nitriles is 1. The monoisotopic (exact) mass is 792 g/mol. The van der Waals surface area contributed by atoms with Crippen molar-refractivity contribution in [2.75, 3.05) is 0 Å². The molecule has 13 aromatic rings. The highest BCUT2D eigenvalue weighted by Crippen LogP contribution is 2.54. The molecule has 0 N–H and O–H groups in total. The molecular formula is C54H28N6S. The first kappa shape index (κ1) is 33.6. The van der Waals surface area contributed by atoms with E-state index in [-0.39, 0.29) is 0 Å². The van der Waals surface area contributed by atoms with E-state index in [1.165, 1.54) is 20.2 Å². The van der Waals surface area contributed by atoms with Gasteiger partial charge >= 0.3 is 0 Å². The van der Waals surface area contributed by atoms with Crippen LogP contribution in [0.25, 0.3) is 124 Å². The zero-order valence-electron chi connectivity index (χ0n) is 32.3. The van der Waals surface area contributed by atoms with Crippen molar-refractivity contribution in [3.05, 3.63) is 187 Å². The Balaban J connectivity index is 1.32. The highest BCUT2D eigenvalue weighted by molar-refractivity contribution is 7.26. The molecule has 0 saturated carbocycles. The molecule has 0 aliphatic carbocycles. The predicted octanol–water partition coefficient (Wildman–Crippen LogP) is 14.5. The van der Waals surface area contributed by atoms with Crippen LogP contribution in [-0.4, -0.2) is 19.1 Å². The van der Waals surface area contributed by atoms with E-state index in [1.807, 2.05) is 73.1 Å². The van der Waals surface area contributed by atoms with Gasteiger partial charge in [-0.1, -0.05) is 121 Å². The van der Waals surface area contributed by atoms with Crippen molar-refractivity contribution >= 4 is 103 Å². The Kier molecular flexibility index (Phi) is 6.92. The van der Waals surface area contributed by atoms with Gasteiger partial charge in [-0.25, -0.2) is 4.85 Å². The largest absolute Gasteiger partial charge is 0.318 e. The lowest BCUT2D eigenvalue weighted by Gasteiger charge is -2.25. The summed E-state index contributed by atoms with van der Waals surface area (Å²) in [5.41, 5.74) is 10.8. The number of aromatic nitrogens is 4. The number of rotatable bonds is 4. The molecular weight excluding hydrogens is 765 g/mol. The zero-order valence-corrected chi connectivity index (χ0v) is 33.1. The van der Waals surface area contributed by atoms with Crippen molar-refractivity contribution in [2.45, 2.75) is 0 Å². The first-order valence-corrected chi connectivity index (χ1v) is 20.9. The first-order chi connectivity index (χ1) is 30.2. The summed E-state index contributed by atoms with van der Waals surface area (Å²) in [5.74, 6) is 0. The smallest absolute Gasteiger partial charge is 0.220 e. The second kappa shape index (κ2) is 12.6. The SMILES string of the molecule is [C-]#[N+]c1c(-c2ccccc2)c(C#N)c(-n2c3ccccc3c3c4c(ccc32)sc2ccccc24)c(-c2ccccc2)c1-n1c2ccnc3c4ccccc4c4nccc1c4c32. The zero-order chi connectivity index (χ0) is 40.3. The fourth-order valence-corrected chi connectivity index (χ4v) is 11.2. The van der Waals surface area contributed by atoms with Crippen LogP contribution >= 0.6 is 11.3 Å². The summed E-state index contributed by atoms with van der Waals surface area (Å²) in [6.45, 7) is 9.16. The van der Waals surface area contributed by atoms with Gasteiger partial charge in [-0.2, -0.15) is 5.26 Å².